The molecule has 2 N–H and O–H groups in total. The lowest BCUT2D eigenvalue weighted by atomic mass is 10.1. The van der Waals surface area contributed by atoms with Crippen molar-refractivity contribution in [3.8, 4) is 0 Å². The van der Waals surface area contributed by atoms with Crippen molar-refractivity contribution in [3.05, 3.63) is 35.9 Å². The number of rotatable bonds is 2. The molecule has 0 bridgehead atoms. The highest BCUT2D eigenvalue weighted by molar-refractivity contribution is 5.81. The van der Waals surface area contributed by atoms with Crippen LogP contribution in [0.4, 0.5) is 0 Å². The molecule has 0 unspecified atom stereocenters. The normalized spacial score (nSPS) is 26.7. The molecule has 1 aliphatic rings. The van der Waals surface area contributed by atoms with Crippen LogP contribution in [-0.2, 0) is 4.79 Å². The van der Waals surface area contributed by atoms with Crippen LogP contribution in [0, 0.1) is 5.92 Å². The van der Waals surface area contributed by atoms with Gasteiger partial charge in [-0.2, -0.15) is 0 Å². The minimum Gasteiger partial charge on any atom is -0.369 e. The molecule has 0 spiro atoms. The molecule has 62 valence electrons. The topological polar surface area (TPSA) is 43.1 Å². The van der Waals surface area contributed by atoms with Gasteiger partial charge in [0.2, 0.25) is 5.91 Å². The molecule has 0 aromatic heterocycles. The summed E-state index contributed by atoms with van der Waals surface area (Å²) in [5, 5.41) is 0. The van der Waals surface area contributed by atoms with Crippen LogP contribution in [0.3, 0.4) is 0 Å². The van der Waals surface area contributed by atoms with E-state index in [0.29, 0.717) is 5.92 Å². The standard InChI is InChI=1S/C10H11NO/c11-10(12)9-6-8(9)7-4-2-1-3-5-7/h1-5,8-9H,6H2,(H2,11,12)/t8-,9-/m1/s1. The Morgan fingerprint density at radius 3 is 2.50 bits per heavy atom. The lowest BCUT2D eigenvalue weighted by Crippen LogP contribution is -2.13. The second-order valence-corrected chi connectivity index (χ2v) is 3.26. The number of carbonyl (C=O) groups is 1. The van der Waals surface area contributed by atoms with E-state index >= 15 is 0 Å². The van der Waals surface area contributed by atoms with Gasteiger partial charge in [0, 0.05) is 5.92 Å². The molecular weight excluding hydrogens is 150 g/mol. The van der Waals surface area contributed by atoms with E-state index < -0.39 is 0 Å². The summed E-state index contributed by atoms with van der Waals surface area (Å²) in [6.07, 6.45) is 0.930. The summed E-state index contributed by atoms with van der Waals surface area (Å²) >= 11 is 0. The van der Waals surface area contributed by atoms with Gasteiger partial charge in [-0.1, -0.05) is 30.3 Å². The van der Waals surface area contributed by atoms with Crippen LogP contribution in [0.1, 0.15) is 17.9 Å². The number of primary amides is 1. The van der Waals surface area contributed by atoms with Gasteiger partial charge in [0.15, 0.2) is 0 Å². The molecule has 2 atom stereocenters. The molecule has 0 aliphatic heterocycles. The zero-order valence-electron chi connectivity index (χ0n) is 6.73. The highest BCUT2D eigenvalue weighted by Gasteiger charge is 2.42. The third kappa shape index (κ3) is 1.20. The zero-order chi connectivity index (χ0) is 8.55. The van der Waals surface area contributed by atoms with E-state index in [4.69, 9.17) is 5.73 Å². The summed E-state index contributed by atoms with van der Waals surface area (Å²) in [6, 6.07) is 10.1. The van der Waals surface area contributed by atoms with E-state index in [0.717, 1.165) is 6.42 Å². The van der Waals surface area contributed by atoms with Crippen LogP contribution in [-0.4, -0.2) is 5.91 Å². The predicted molar refractivity (Wildman–Crippen MR) is 46.5 cm³/mol. The van der Waals surface area contributed by atoms with Gasteiger partial charge in [-0.15, -0.1) is 0 Å². The Bertz CT molecular complexity index is 294. The monoisotopic (exact) mass is 161 g/mol. The first-order valence-electron chi connectivity index (χ1n) is 4.13. The Balaban J connectivity index is 2.11. The molecule has 0 saturated heterocycles. The fourth-order valence-electron chi connectivity index (χ4n) is 1.58. The minimum absolute atomic E-state index is 0.0902. The maximum atomic E-state index is 10.8. The van der Waals surface area contributed by atoms with E-state index in [-0.39, 0.29) is 11.8 Å². The van der Waals surface area contributed by atoms with Gasteiger partial charge in [-0.25, -0.2) is 0 Å². The Hall–Kier alpha value is -1.31. The highest BCUT2D eigenvalue weighted by atomic mass is 16.1. The Labute approximate surface area is 71.4 Å². The van der Waals surface area contributed by atoms with Crippen LogP contribution in [0.2, 0.25) is 0 Å². The Kier molecular flexibility index (Phi) is 1.61. The fourth-order valence-corrected chi connectivity index (χ4v) is 1.58. The molecule has 1 fully saturated rings. The lowest BCUT2D eigenvalue weighted by Gasteiger charge is -1.95. The average molecular weight is 161 g/mol. The number of amides is 1. The molecule has 2 nitrogen and oxygen atoms in total. The van der Waals surface area contributed by atoms with Crippen molar-refractivity contribution in [2.75, 3.05) is 0 Å². The molecule has 2 heteroatoms. The van der Waals surface area contributed by atoms with Crippen molar-refractivity contribution >= 4 is 5.91 Å². The van der Waals surface area contributed by atoms with Crippen LogP contribution < -0.4 is 5.73 Å². The quantitative estimate of drug-likeness (QED) is 0.697. The first-order valence-corrected chi connectivity index (χ1v) is 4.13. The molecule has 1 aromatic rings. The van der Waals surface area contributed by atoms with Crippen LogP contribution >= 0.6 is 0 Å². The van der Waals surface area contributed by atoms with Gasteiger partial charge >= 0.3 is 0 Å². The first-order chi connectivity index (χ1) is 5.79. The van der Waals surface area contributed by atoms with E-state index in [1.54, 1.807) is 0 Å². The van der Waals surface area contributed by atoms with Gasteiger partial charge in [0.25, 0.3) is 0 Å². The van der Waals surface area contributed by atoms with Crippen LogP contribution in [0.15, 0.2) is 30.3 Å². The second kappa shape index (κ2) is 2.63. The summed E-state index contributed by atoms with van der Waals surface area (Å²) in [6.45, 7) is 0. The van der Waals surface area contributed by atoms with Crippen molar-refractivity contribution in [1.29, 1.82) is 0 Å². The van der Waals surface area contributed by atoms with Gasteiger partial charge in [-0.3, -0.25) is 4.79 Å². The summed E-state index contributed by atoms with van der Waals surface area (Å²) in [7, 11) is 0. The molecule has 1 aromatic carbocycles. The fraction of sp³-hybridized carbons (Fsp3) is 0.300. The number of nitrogens with two attached hydrogens (primary N) is 1. The van der Waals surface area contributed by atoms with Crippen molar-refractivity contribution in [2.45, 2.75) is 12.3 Å². The van der Waals surface area contributed by atoms with Crippen molar-refractivity contribution < 1.29 is 4.79 Å². The number of benzene rings is 1. The van der Waals surface area contributed by atoms with Gasteiger partial charge in [0.05, 0.1) is 0 Å². The van der Waals surface area contributed by atoms with Gasteiger partial charge in [-0.05, 0) is 17.9 Å². The van der Waals surface area contributed by atoms with Crippen molar-refractivity contribution in [3.63, 3.8) is 0 Å². The summed E-state index contributed by atoms with van der Waals surface area (Å²) < 4.78 is 0. The van der Waals surface area contributed by atoms with E-state index in [9.17, 15) is 4.79 Å². The number of hydrogen-bond acceptors (Lipinski definition) is 1. The molecule has 2 rings (SSSR count). The Morgan fingerprint density at radius 2 is 2.00 bits per heavy atom. The SMILES string of the molecule is NC(=O)[C@@H]1C[C@@H]1c1ccccc1. The summed E-state index contributed by atoms with van der Waals surface area (Å²) in [5.41, 5.74) is 6.42. The highest BCUT2D eigenvalue weighted by Crippen LogP contribution is 2.46. The number of hydrogen-bond donors (Lipinski definition) is 1. The lowest BCUT2D eigenvalue weighted by molar-refractivity contribution is -0.119. The van der Waals surface area contributed by atoms with Crippen molar-refractivity contribution in [1.82, 2.24) is 0 Å². The smallest absolute Gasteiger partial charge is 0.221 e. The molecule has 1 aliphatic carbocycles. The molecule has 0 radical (unpaired) electrons. The maximum absolute atomic E-state index is 10.8. The largest absolute Gasteiger partial charge is 0.369 e. The van der Waals surface area contributed by atoms with E-state index in [1.165, 1.54) is 5.56 Å². The zero-order valence-corrected chi connectivity index (χ0v) is 6.73. The first kappa shape index (κ1) is 7.35. The molecule has 1 saturated carbocycles. The molecule has 0 heterocycles. The van der Waals surface area contributed by atoms with Crippen LogP contribution in [0.25, 0.3) is 0 Å². The van der Waals surface area contributed by atoms with E-state index in [2.05, 4.69) is 0 Å². The van der Waals surface area contributed by atoms with Gasteiger partial charge < -0.3 is 5.73 Å². The third-order valence-corrected chi connectivity index (χ3v) is 2.38. The molecule has 1 amide bonds. The summed E-state index contributed by atoms with van der Waals surface area (Å²) in [5.74, 6) is 0.319. The Morgan fingerprint density at radius 1 is 1.33 bits per heavy atom. The van der Waals surface area contributed by atoms with E-state index in [1.807, 2.05) is 30.3 Å². The van der Waals surface area contributed by atoms with Crippen LogP contribution in [0.5, 0.6) is 0 Å². The van der Waals surface area contributed by atoms with Crippen molar-refractivity contribution in [2.24, 2.45) is 11.7 Å². The third-order valence-electron chi connectivity index (χ3n) is 2.38. The molecular formula is C10H11NO. The average Bonchev–Trinajstić information content (AvgIpc) is 2.84. The summed E-state index contributed by atoms with van der Waals surface area (Å²) in [4.78, 5) is 10.8. The molecule has 12 heavy (non-hydrogen) atoms. The predicted octanol–water partition coefficient (Wildman–Crippen LogP) is 1.28. The minimum atomic E-state index is -0.163. The second-order valence-electron chi connectivity index (χ2n) is 3.26. The maximum Gasteiger partial charge on any atom is 0.221 e. The number of carbonyl (C=O) groups excluding carboxylic acids is 1. The van der Waals surface area contributed by atoms with Gasteiger partial charge in [0.1, 0.15) is 0 Å².